The van der Waals surface area contributed by atoms with Gasteiger partial charge >= 0.3 is 0 Å². The van der Waals surface area contributed by atoms with Gasteiger partial charge in [0.2, 0.25) is 0 Å². The van der Waals surface area contributed by atoms with Gasteiger partial charge in [-0.2, -0.15) is 0 Å². The highest BCUT2D eigenvalue weighted by molar-refractivity contribution is 6.18. The van der Waals surface area contributed by atoms with Crippen LogP contribution in [0.25, 0.3) is 0 Å². The smallest absolute Gasteiger partial charge is 0.128 e. The van der Waals surface area contributed by atoms with Crippen LogP contribution in [0.1, 0.15) is 5.56 Å². The van der Waals surface area contributed by atoms with Crippen LogP contribution < -0.4 is 4.90 Å². The first-order valence-corrected chi connectivity index (χ1v) is 6.19. The number of hydrogen-bond acceptors (Lipinski definition) is 2. The van der Waals surface area contributed by atoms with Crippen molar-refractivity contribution in [2.75, 3.05) is 17.3 Å². The van der Waals surface area contributed by atoms with Crippen LogP contribution in [0.15, 0.2) is 54.7 Å². The Morgan fingerprint density at radius 2 is 1.76 bits per heavy atom. The van der Waals surface area contributed by atoms with Crippen molar-refractivity contribution in [3.8, 4) is 0 Å². The summed E-state index contributed by atoms with van der Waals surface area (Å²) in [7, 11) is 0. The van der Waals surface area contributed by atoms with Gasteiger partial charge in [-0.1, -0.05) is 36.4 Å². The molecule has 1 aromatic heterocycles. The quantitative estimate of drug-likeness (QED) is 0.753. The summed E-state index contributed by atoms with van der Waals surface area (Å²) in [5, 5.41) is 0. The second kappa shape index (κ2) is 6.26. The molecule has 0 saturated carbocycles. The summed E-state index contributed by atoms with van der Waals surface area (Å²) >= 11 is 5.84. The molecule has 1 aromatic carbocycles. The maximum absolute atomic E-state index is 5.84. The van der Waals surface area contributed by atoms with Gasteiger partial charge in [0.15, 0.2) is 0 Å². The number of nitrogens with zero attached hydrogens (tertiary/aromatic N) is 2. The van der Waals surface area contributed by atoms with E-state index in [9.17, 15) is 0 Å². The zero-order valence-electron chi connectivity index (χ0n) is 9.59. The average molecular weight is 247 g/mol. The van der Waals surface area contributed by atoms with Gasteiger partial charge in [-0.3, -0.25) is 0 Å². The van der Waals surface area contributed by atoms with E-state index in [1.54, 1.807) is 0 Å². The van der Waals surface area contributed by atoms with Crippen LogP contribution in [0, 0.1) is 0 Å². The van der Waals surface area contributed by atoms with Gasteiger partial charge in [0.25, 0.3) is 0 Å². The van der Waals surface area contributed by atoms with Crippen molar-refractivity contribution >= 4 is 17.4 Å². The molecule has 0 amide bonds. The zero-order valence-corrected chi connectivity index (χ0v) is 10.3. The molecule has 0 bridgehead atoms. The molecule has 1 heterocycles. The molecule has 0 saturated heterocycles. The molecule has 2 nitrogen and oxygen atoms in total. The number of halogens is 1. The molecule has 88 valence electrons. The molecule has 0 aliphatic rings. The summed E-state index contributed by atoms with van der Waals surface area (Å²) in [6.45, 7) is 1.64. The van der Waals surface area contributed by atoms with Gasteiger partial charge in [-0.05, 0) is 17.7 Å². The topological polar surface area (TPSA) is 16.1 Å². The van der Waals surface area contributed by atoms with Crippen molar-refractivity contribution in [3.05, 3.63) is 60.3 Å². The molecule has 0 radical (unpaired) electrons. The summed E-state index contributed by atoms with van der Waals surface area (Å²) in [6.07, 6.45) is 1.81. The van der Waals surface area contributed by atoms with E-state index in [0.29, 0.717) is 5.88 Å². The number of alkyl halides is 1. The highest BCUT2D eigenvalue weighted by Gasteiger charge is 2.06. The van der Waals surface area contributed by atoms with Crippen LogP contribution in [0.2, 0.25) is 0 Å². The SMILES string of the molecule is ClCCN(Cc1ccccc1)c1ccccn1. The molecule has 0 aliphatic heterocycles. The van der Waals surface area contributed by atoms with Gasteiger partial charge < -0.3 is 4.90 Å². The Morgan fingerprint density at radius 3 is 2.41 bits per heavy atom. The monoisotopic (exact) mass is 246 g/mol. The lowest BCUT2D eigenvalue weighted by Crippen LogP contribution is -2.25. The number of anilines is 1. The van der Waals surface area contributed by atoms with E-state index in [-0.39, 0.29) is 0 Å². The third-order valence-corrected chi connectivity index (χ3v) is 2.71. The van der Waals surface area contributed by atoms with E-state index >= 15 is 0 Å². The van der Waals surface area contributed by atoms with Crippen molar-refractivity contribution in [1.82, 2.24) is 4.98 Å². The first-order chi connectivity index (χ1) is 8.40. The predicted octanol–water partition coefficient (Wildman–Crippen LogP) is 3.33. The van der Waals surface area contributed by atoms with Crippen LogP contribution in [-0.4, -0.2) is 17.4 Å². The molecule has 0 N–H and O–H groups in total. The van der Waals surface area contributed by atoms with Crippen molar-refractivity contribution in [3.63, 3.8) is 0 Å². The molecule has 0 aliphatic carbocycles. The van der Waals surface area contributed by atoms with E-state index in [0.717, 1.165) is 18.9 Å². The van der Waals surface area contributed by atoms with Crippen LogP contribution in [0.4, 0.5) is 5.82 Å². The first-order valence-electron chi connectivity index (χ1n) is 5.66. The highest BCUT2D eigenvalue weighted by atomic mass is 35.5. The minimum Gasteiger partial charge on any atom is -0.351 e. The molecule has 0 atom stereocenters. The van der Waals surface area contributed by atoms with E-state index in [4.69, 9.17) is 11.6 Å². The Balaban J connectivity index is 2.13. The average Bonchev–Trinajstić information content (AvgIpc) is 2.40. The van der Waals surface area contributed by atoms with E-state index < -0.39 is 0 Å². The lowest BCUT2D eigenvalue weighted by atomic mass is 10.2. The maximum atomic E-state index is 5.84. The Hall–Kier alpha value is -1.54. The fraction of sp³-hybridized carbons (Fsp3) is 0.214. The molecule has 17 heavy (non-hydrogen) atoms. The molecule has 0 unspecified atom stereocenters. The fourth-order valence-corrected chi connectivity index (χ4v) is 1.93. The zero-order chi connectivity index (χ0) is 11.9. The maximum Gasteiger partial charge on any atom is 0.128 e. The minimum atomic E-state index is 0.601. The van der Waals surface area contributed by atoms with Crippen LogP contribution in [0.5, 0.6) is 0 Å². The summed E-state index contributed by atoms with van der Waals surface area (Å²) in [6, 6.07) is 16.3. The van der Waals surface area contributed by atoms with Crippen molar-refractivity contribution < 1.29 is 0 Å². The third kappa shape index (κ3) is 3.46. The molecule has 2 rings (SSSR count). The van der Waals surface area contributed by atoms with Gasteiger partial charge in [0.05, 0.1) is 0 Å². The predicted molar refractivity (Wildman–Crippen MR) is 72.4 cm³/mol. The van der Waals surface area contributed by atoms with Gasteiger partial charge in [0.1, 0.15) is 5.82 Å². The van der Waals surface area contributed by atoms with Crippen LogP contribution in [-0.2, 0) is 6.54 Å². The van der Waals surface area contributed by atoms with Crippen molar-refractivity contribution in [2.45, 2.75) is 6.54 Å². The summed E-state index contributed by atoms with van der Waals surface area (Å²) in [4.78, 5) is 6.54. The van der Waals surface area contributed by atoms with Gasteiger partial charge in [-0.25, -0.2) is 4.98 Å². The molecule has 0 spiro atoms. The van der Waals surface area contributed by atoms with Gasteiger partial charge in [0, 0.05) is 25.2 Å². The van der Waals surface area contributed by atoms with E-state index in [2.05, 4.69) is 22.0 Å². The Bertz CT molecular complexity index is 430. The number of pyridine rings is 1. The Labute approximate surface area is 107 Å². The Kier molecular flexibility index (Phi) is 4.39. The molecule has 2 aromatic rings. The molecule has 3 heteroatoms. The number of hydrogen-bond donors (Lipinski definition) is 0. The molecule has 0 fully saturated rings. The number of rotatable bonds is 5. The molecular formula is C14H15ClN2. The minimum absolute atomic E-state index is 0.601. The first kappa shape index (κ1) is 11.9. The van der Waals surface area contributed by atoms with E-state index in [1.165, 1.54) is 5.56 Å². The van der Waals surface area contributed by atoms with Crippen molar-refractivity contribution in [2.24, 2.45) is 0 Å². The summed E-state index contributed by atoms with van der Waals surface area (Å²) in [5.74, 6) is 1.57. The summed E-state index contributed by atoms with van der Waals surface area (Å²) in [5.41, 5.74) is 1.27. The van der Waals surface area contributed by atoms with Crippen LogP contribution in [0.3, 0.4) is 0 Å². The third-order valence-electron chi connectivity index (χ3n) is 2.54. The number of aromatic nitrogens is 1. The standard InChI is InChI=1S/C14H15ClN2/c15-9-11-17(14-8-4-5-10-16-14)12-13-6-2-1-3-7-13/h1-8,10H,9,11-12H2. The van der Waals surface area contributed by atoms with E-state index in [1.807, 2.05) is 42.6 Å². The number of benzene rings is 1. The van der Waals surface area contributed by atoms with Gasteiger partial charge in [-0.15, -0.1) is 11.6 Å². The highest BCUT2D eigenvalue weighted by Crippen LogP contribution is 2.13. The lowest BCUT2D eigenvalue weighted by Gasteiger charge is -2.22. The second-order valence-electron chi connectivity index (χ2n) is 3.78. The fourth-order valence-electron chi connectivity index (χ4n) is 1.72. The summed E-state index contributed by atoms with van der Waals surface area (Å²) < 4.78 is 0. The van der Waals surface area contributed by atoms with Crippen LogP contribution >= 0.6 is 11.6 Å². The van der Waals surface area contributed by atoms with Crippen molar-refractivity contribution in [1.29, 1.82) is 0 Å². The largest absolute Gasteiger partial charge is 0.351 e. The second-order valence-corrected chi connectivity index (χ2v) is 4.16. The lowest BCUT2D eigenvalue weighted by molar-refractivity contribution is 0.817. The Morgan fingerprint density at radius 1 is 1.00 bits per heavy atom. The normalized spacial score (nSPS) is 10.2. The molecular weight excluding hydrogens is 232 g/mol.